The number of fused-ring (bicyclic) bond motifs is 1. The van der Waals surface area contributed by atoms with E-state index < -0.39 is 0 Å². The van der Waals surface area contributed by atoms with Crippen LogP contribution in [-0.4, -0.2) is 35.6 Å². The number of pyridine rings is 2. The Balaban J connectivity index is 1.54. The van der Waals surface area contributed by atoms with E-state index in [9.17, 15) is 10.4 Å². The first-order valence-corrected chi connectivity index (χ1v) is 11.3. The van der Waals surface area contributed by atoms with Gasteiger partial charge in [-0.05, 0) is 51.7 Å². The fourth-order valence-corrected chi connectivity index (χ4v) is 4.66. The maximum absolute atomic E-state index is 9.85. The molecule has 0 spiro atoms. The number of aromatic nitrogens is 5. The molecular weight excluding hydrogens is 416 g/mol. The predicted octanol–water partition coefficient (Wildman–Crippen LogP) is 4.39. The van der Waals surface area contributed by atoms with E-state index in [1.807, 2.05) is 37.5 Å². The summed E-state index contributed by atoms with van der Waals surface area (Å²) in [6.07, 6.45) is 11.9. The lowest BCUT2D eigenvalue weighted by atomic mass is 9.93. The maximum atomic E-state index is 9.85. The molecule has 1 fully saturated rings. The van der Waals surface area contributed by atoms with Crippen LogP contribution in [-0.2, 0) is 0 Å². The molecule has 0 radical (unpaired) electrons. The van der Waals surface area contributed by atoms with E-state index in [0.717, 1.165) is 48.1 Å². The summed E-state index contributed by atoms with van der Waals surface area (Å²) >= 11 is 0. The van der Waals surface area contributed by atoms with Crippen LogP contribution in [0, 0.1) is 18.3 Å². The second-order valence-corrected chi connectivity index (χ2v) is 8.65. The van der Waals surface area contributed by atoms with Crippen molar-refractivity contribution < 1.29 is 9.84 Å². The van der Waals surface area contributed by atoms with Gasteiger partial charge in [0.1, 0.15) is 29.0 Å². The van der Waals surface area contributed by atoms with Crippen molar-refractivity contribution in [3.05, 3.63) is 66.0 Å². The average molecular weight is 443 g/mol. The first-order valence-electron chi connectivity index (χ1n) is 11.3. The molecule has 0 saturated heterocycles. The van der Waals surface area contributed by atoms with Crippen LogP contribution >= 0.6 is 0 Å². The lowest BCUT2D eigenvalue weighted by molar-refractivity contribution is 0.107. The highest BCUT2D eigenvalue weighted by Crippen LogP contribution is 2.36. The highest BCUT2D eigenvalue weighted by molar-refractivity contribution is 5.76. The third-order valence-corrected chi connectivity index (χ3v) is 6.52. The van der Waals surface area contributed by atoms with Crippen LogP contribution in [0.2, 0.25) is 0 Å². The van der Waals surface area contributed by atoms with Gasteiger partial charge in [0, 0.05) is 41.0 Å². The molecule has 1 atom stereocenters. The van der Waals surface area contributed by atoms with Gasteiger partial charge in [-0.1, -0.05) is 6.07 Å². The van der Waals surface area contributed by atoms with Gasteiger partial charge in [-0.2, -0.15) is 15.5 Å². The van der Waals surface area contributed by atoms with Crippen molar-refractivity contribution in [1.82, 2.24) is 24.4 Å². The first-order chi connectivity index (χ1) is 16.0. The fraction of sp³-hybridized carbons (Fsp3) is 0.360. The number of rotatable bonds is 5. The normalized spacial score (nSPS) is 19.3. The second kappa shape index (κ2) is 8.68. The minimum Gasteiger partial charge on any atom is -0.484 e. The zero-order valence-corrected chi connectivity index (χ0v) is 18.7. The zero-order valence-electron chi connectivity index (χ0n) is 18.7. The minimum atomic E-state index is -0.253. The summed E-state index contributed by atoms with van der Waals surface area (Å²) < 4.78 is 10.1. The lowest BCUT2D eigenvalue weighted by Gasteiger charge is -2.26. The number of nitrogens with zero attached hydrogens (tertiary/aromatic N) is 6. The molecule has 0 aliphatic heterocycles. The van der Waals surface area contributed by atoms with Gasteiger partial charge in [0.25, 0.3) is 0 Å². The minimum absolute atomic E-state index is 0.199. The number of aliphatic hydroxyl groups excluding tert-OH is 1. The quantitative estimate of drug-likeness (QED) is 0.492. The summed E-state index contributed by atoms with van der Waals surface area (Å²) in [5, 5.41) is 28.5. The van der Waals surface area contributed by atoms with E-state index in [1.165, 1.54) is 0 Å². The van der Waals surface area contributed by atoms with Crippen molar-refractivity contribution in [3.63, 3.8) is 0 Å². The number of hydrogen-bond acceptors (Lipinski definition) is 6. The third kappa shape index (κ3) is 3.96. The molecule has 8 heteroatoms. The molecule has 8 nitrogen and oxygen atoms in total. The van der Waals surface area contributed by atoms with Crippen LogP contribution in [0.1, 0.15) is 61.6 Å². The van der Waals surface area contributed by atoms with Crippen LogP contribution in [0.3, 0.4) is 0 Å². The molecule has 4 aromatic heterocycles. The molecule has 0 amide bonds. The third-order valence-electron chi connectivity index (χ3n) is 6.52. The van der Waals surface area contributed by atoms with E-state index >= 15 is 0 Å². The second-order valence-electron chi connectivity index (χ2n) is 8.65. The number of nitriles is 1. The molecule has 1 aliphatic carbocycles. The van der Waals surface area contributed by atoms with Crippen molar-refractivity contribution in [1.29, 1.82) is 5.26 Å². The number of aliphatic hydroxyl groups is 1. The van der Waals surface area contributed by atoms with E-state index in [4.69, 9.17) is 4.74 Å². The Morgan fingerprint density at radius 1 is 1.18 bits per heavy atom. The van der Waals surface area contributed by atoms with Crippen LogP contribution in [0.25, 0.3) is 16.6 Å². The SMILES string of the molecule is Cc1c(-c2cc(O[C@H](C)c3cccnc3)c3c(C#N)cnn3c2)cnn1C1CCC(O)CC1. The highest BCUT2D eigenvalue weighted by atomic mass is 16.5. The Bertz CT molecular complexity index is 1310. The molecule has 4 heterocycles. The number of ether oxygens (including phenoxy) is 1. The van der Waals surface area contributed by atoms with Crippen molar-refractivity contribution in [2.24, 2.45) is 0 Å². The van der Waals surface area contributed by atoms with Crippen molar-refractivity contribution in [2.45, 2.75) is 57.8 Å². The largest absolute Gasteiger partial charge is 0.484 e. The Morgan fingerprint density at radius 2 is 2.00 bits per heavy atom. The van der Waals surface area contributed by atoms with Crippen molar-refractivity contribution >= 4 is 5.52 Å². The molecule has 33 heavy (non-hydrogen) atoms. The van der Waals surface area contributed by atoms with Gasteiger partial charge in [-0.15, -0.1) is 0 Å². The van der Waals surface area contributed by atoms with E-state index in [0.29, 0.717) is 22.9 Å². The fourth-order valence-electron chi connectivity index (χ4n) is 4.66. The summed E-state index contributed by atoms with van der Waals surface area (Å²) in [5.41, 5.74) is 5.03. The Kier molecular flexibility index (Phi) is 5.56. The Morgan fingerprint density at radius 3 is 2.73 bits per heavy atom. The first kappa shape index (κ1) is 21.2. The summed E-state index contributed by atoms with van der Waals surface area (Å²) in [6, 6.07) is 8.31. The molecule has 168 valence electrons. The van der Waals surface area contributed by atoms with E-state index in [1.54, 1.807) is 23.1 Å². The van der Waals surface area contributed by atoms with Gasteiger partial charge in [0.05, 0.1) is 24.5 Å². The summed E-state index contributed by atoms with van der Waals surface area (Å²) in [4.78, 5) is 4.19. The molecule has 1 saturated carbocycles. The van der Waals surface area contributed by atoms with Gasteiger partial charge in [0.15, 0.2) is 0 Å². The van der Waals surface area contributed by atoms with Crippen LogP contribution < -0.4 is 4.74 Å². The lowest BCUT2D eigenvalue weighted by Crippen LogP contribution is -2.22. The van der Waals surface area contributed by atoms with Gasteiger partial charge >= 0.3 is 0 Å². The van der Waals surface area contributed by atoms with Crippen molar-refractivity contribution in [3.8, 4) is 22.9 Å². The summed E-state index contributed by atoms with van der Waals surface area (Å²) in [6.45, 7) is 4.03. The summed E-state index contributed by atoms with van der Waals surface area (Å²) in [7, 11) is 0. The van der Waals surface area contributed by atoms with Crippen LogP contribution in [0.5, 0.6) is 5.75 Å². The molecule has 0 aromatic carbocycles. The molecule has 0 unspecified atom stereocenters. The molecule has 5 rings (SSSR count). The monoisotopic (exact) mass is 442 g/mol. The van der Waals surface area contributed by atoms with Gasteiger partial charge in [-0.25, -0.2) is 4.52 Å². The van der Waals surface area contributed by atoms with Crippen LogP contribution in [0.15, 0.2) is 49.2 Å². The number of hydrogen-bond donors (Lipinski definition) is 1. The molecule has 1 aliphatic rings. The molecule has 4 aromatic rings. The summed E-state index contributed by atoms with van der Waals surface area (Å²) in [5.74, 6) is 0.589. The molecular formula is C25H26N6O2. The smallest absolute Gasteiger partial charge is 0.147 e. The maximum Gasteiger partial charge on any atom is 0.147 e. The van der Waals surface area contributed by atoms with Crippen LogP contribution in [0.4, 0.5) is 0 Å². The zero-order chi connectivity index (χ0) is 22.9. The standard InChI is InChI=1S/C25H26N6O2/c1-16-23(14-29-31(16)21-5-7-22(32)8-6-21)19-10-24(25-20(11-26)13-28-30(25)15-19)33-17(2)18-4-3-9-27-12-18/h3-4,9-10,12-15,17,21-22,32H,5-8H2,1-2H3/t17-,21?,22?/m1/s1. The molecule has 0 bridgehead atoms. The topological polar surface area (TPSA) is 101 Å². The van der Waals surface area contributed by atoms with Crippen molar-refractivity contribution in [2.75, 3.05) is 0 Å². The Labute approximate surface area is 192 Å². The van der Waals surface area contributed by atoms with Gasteiger partial charge < -0.3 is 9.84 Å². The highest BCUT2D eigenvalue weighted by Gasteiger charge is 2.24. The Hall–Kier alpha value is -3.70. The van der Waals surface area contributed by atoms with Gasteiger partial charge in [-0.3, -0.25) is 9.67 Å². The van der Waals surface area contributed by atoms with Gasteiger partial charge in [0.2, 0.25) is 0 Å². The molecule has 1 N–H and O–H groups in total. The average Bonchev–Trinajstić information content (AvgIpc) is 3.43. The predicted molar refractivity (Wildman–Crippen MR) is 123 cm³/mol. The van der Waals surface area contributed by atoms with E-state index in [-0.39, 0.29) is 12.2 Å². The van der Waals surface area contributed by atoms with E-state index in [2.05, 4.69) is 32.9 Å².